The van der Waals surface area contributed by atoms with Crippen LogP contribution in [0.25, 0.3) is 0 Å². The number of rotatable bonds is 5. The maximum Gasteiger partial charge on any atom is 0.113 e. The SMILES string of the molecule is COC(C)C(C)(O)c1cccc(CC(C)C)c1. The number of hydrogen-bond donors (Lipinski definition) is 1. The molecule has 1 aromatic carbocycles. The second-order valence-corrected chi connectivity index (χ2v) is 5.32. The van der Waals surface area contributed by atoms with Gasteiger partial charge in [0.2, 0.25) is 0 Å². The molecular formula is C15H24O2. The van der Waals surface area contributed by atoms with Crippen LogP contribution in [0.3, 0.4) is 0 Å². The van der Waals surface area contributed by atoms with Gasteiger partial charge in [0.05, 0.1) is 6.10 Å². The summed E-state index contributed by atoms with van der Waals surface area (Å²) in [6, 6.07) is 8.15. The molecule has 0 fully saturated rings. The summed E-state index contributed by atoms with van der Waals surface area (Å²) >= 11 is 0. The molecule has 2 unspecified atom stereocenters. The van der Waals surface area contributed by atoms with Crippen LogP contribution in [0.5, 0.6) is 0 Å². The zero-order chi connectivity index (χ0) is 13.1. The molecule has 0 heterocycles. The van der Waals surface area contributed by atoms with E-state index in [0.717, 1.165) is 12.0 Å². The molecule has 0 aliphatic rings. The molecule has 96 valence electrons. The van der Waals surface area contributed by atoms with E-state index in [0.29, 0.717) is 5.92 Å². The average molecular weight is 236 g/mol. The molecule has 0 amide bonds. The van der Waals surface area contributed by atoms with E-state index >= 15 is 0 Å². The molecule has 1 N–H and O–H groups in total. The Morgan fingerprint density at radius 3 is 2.47 bits per heavy atom. The van der Waals surface area contributed by atoms with Gasteiger partial charge in [0.1, 0.15) is 5.60 Å². The van der Waals surface area contributed by atoms with Crippen molar-refractivity contribution >= 4 is 0 Å². The second kappa shape index (κ2) is 5.65. The van der Waals surface area contributed by atoms with E-state index in [9.17, 15) is 5.11 Å². The van der Waals surface area contributed by atoms with Gasteiger partial charge in [0, 0.05) is 7.11 Å². The Bertz CT molecular complexity index is 356. The normalized spacial score (nSPS) is 16.9. The van der Waals surface area contributed by atoms with Gasteiger partial charge in [-0.25, -0.2) is 0 Å². The molecule has 2 heteroatoms. The van der Waals surface area contributed by atoms with Crippen LogP contribution < -0.4 is 0 Å². The molecule has 2 atom stereocenters. The molecule has 2 nitrogen and oxygen atoms in total. The maximum absolute atomic E-state index is 10.5. The summed E-state index contributed by atoms with van der Waals surface area (Å²) in [5, 5.41) is 10.5. The first-order valence-electron chi connectivity index (χ1n) is 6.22. The highest BCUT2D eigenvalue weighted by molar-refractivity contribution is 5.29. The lowest BCUT2D eigenvalue weighted by Gasteiger charge is -2.30. The van der Waals surface area contributed by atoms with Gasteiger partial charge in [-0.1, -0.05) is 38.1 Å². The minimum absolute atomic E-state index is 0.225. The molecule has 0 saturated carbocycles. The lowest BCUT2D eigenvalue weighted by Crippen LogP contribution is -2.35. The Labute approximate surface area is 105 Å². The lowest BCUT2D eigenvalue weighted by molar-refractivity contribution is -0.0772. The van der Waals surface area contributed by atoms with Crippen LogP contribution in [0.1, 0.15) is 38.8 Å². The van der Waals surface area contributed by atoms with Crippen LogP contribution in [-0.4, -0.2) is 18.3 Å². The van der Waals surface area contributed by atoms with Gasteiger partial charge in [-0.15, -0.1) is 0 Å². The molecule has 0 bridgehead atoms. The first kappa shape index (κ1) is 14.2. The van der Waals surface area contributed by atoms with E-state index in [4.69, 9.17) is 4.74 Å². The standard InChI is InChI=1S/C15H24O2/c1-11(2)9-13-7-6-8-14(10-13)15(4,16)12(3)17-5/h6-8,10-12,16H,9H2,1-5H3. The van der Waals surface area contributed by atoms with E-state index in [1.165, 1.54) is 5.56 Å². The van der Waals surface area contributed by atoms with Crippen LogP contribution in [-0.2, 0) is 16.8 Å². The summed E-state index contributed by atoms with van der Waals surface area (Å²) in [5.74, 6) is 0.620. The summed E-state index contributed by atoms with van der Waals surface area (Å²) < 4.78 is 5.24. The first-order chi connectivity index (χ1) is 7.87. The van der Waals surface area contributed by atoms with E-state index in [1.54, 1.807) is 14.0 Å². The number of methoxy groups -OCH3 is 1. The maximum atomic E-state index is 10.5. The third-order valence-electron chi connectivity index (χ3n) is 3.30. The van der Waals surface area contributed by atoms with E-state index in [1.807, 2.05) is 19.1 Å². The lowest BCUT2D eigenvalue weighted by atomic mass is 9.88. The summed E-state index contributed by atoms with van der Waals surface area (Å²) in [6.07, 6.45) is 0.808. The van der Waals surface area contributed by atoms with Gasteiger partial charge < -0.3 is 9.84 Å². The molecule has 0 aliphatic carbocycles. The minimum Gasteiger partial charge on any atom is -0.383 e. The predicted molar refractivity (Wildman–Crippen MR) is 71.0 cm³/mol. The molecular weight excluding hydrogens is 212 g/mol. The quantitative estimate of drug-likeness (QED) is 0.851. The fourth-order valence-corrected chi connectivity index (χ4v) is 1.95. The number of aliphatic hydroxyl groups is 1. The van der Waals surface area contributed by atoms with Gasteiger partial charge in [-0.05, 0) is 37.3 Å². The molecule has 0 aliphatic heterocycles. The first-order valence-corrected chi connectivity index (χ1v) is 6.22. The monoisotopic (exact) mass is 236 g/mol. The number of ether oxygens (including phenoxy) is 1. The van der Waals surface area contributed by atoms with Crippen LogP contribution in [0.15, 0.2) is 24.3 Å². The van der Waals surface area contributed by atoms with Crippen molar-refractivity contribution in [3.8, 4) is 0 Å². The average Bonchev–Trinajstić information content (AvgIpc) is 2.27. The fourth-order valence-electron chi connectivity index (χ4n) is 1.95. The minimum atomic E-state index is -0.943. The third kappa shape index (κ3) is 3.55. The molecule has 17 heavy (non-hydrogen) atoms. The van der Waals surface area contributed by atoms with Crippen LogP contribution in [0.2, 0.25) is 0 Å². The third-order valence-corrected chi connectivity index (χ3v) is 3.30. The fraction of sp³-hybridized carbons (Fsp3) is 0.600. The van der Waals surface area contributed by atoms with E-state index in [2.05, 4.69) is 26.0 Å². The summed E-state index contributed by atoms with van der Waals surface area (Å²) in [6.45, 7) is 8.08. The van der Waals surface area contributed by atoms with Gasteiger partial charge >= 0.3 is 0 Å². The van der Waals surface area contributed by atoms with Crippen molar-refractivity contribution < 1.29 is 9.84 Å². The van der Waals surface area contributed by atoms with Crippen molar-refractivity contribution in [3.63, 3.8) is 0 Å². The molecule has 1 aromatic rings. The number of hydrogen-bond acceptors (Lipinski definition) is 2. The highest BCUT2D eigenvalue weighted by atomic mass is 16.5. The molecule has 0 aromatic heterocycles. The van der Waals surface area contributed by atoms with Crippen molar-refractivity contribution in [1.29, 1.82) is 0 Å². The second-order valence-electron chi connectivity index (χ2n) is 5.32. The largest absolute Gasteiger partial charge is 0.383 e. The van der Waals surface area contributed by atoms with Gasteiger partial charge in [0.15, 0.2) is 0 Å². The van der Waals surface area contributed by atoms with Crippen LogP contribution in [0, 0.1) is 5.92 Å². The highest BCUT2D eigenvalue weighted by Gasteiger charge is 2.30. The predicted octanol–water partition coefficient (Wildman–Crippen LogP) is 3.13. The summed E-state index contributed by atoms with van der Waals surface area (Å²) in [5.41, 5.74) is 1.24. The Hall–Kier alpha value is -0.860. The summed E-state index contributed by atoms with van der Waals surface area (Å²) in [7, 11) is 1.62. The van der Waals surface area contributed by atoms with Crippen molar-refractivity contribution in [1.82, 2.24) is 0 Å². The van der Waals surface area contributed by atoms with Gasteiger partial charge in [-0.2, -0.15) is 0 Å². The number of benzene rings is 1. The van der Waals surface area contributed by atoms with E-state index < -0.39 is 5.60 Å². The molecule has 0 radical (unpaired) electrons. The summed E-state index contributed by atoms with van der Waals surface area (Å²) in [4.78, 5) is 0. The van der Waals surface area contributed by atoms with Gasteiger partial charge in [-0.3, -0.25) is 0 Å². The Balaban J connectivity index is 2.98. The zero-order valence-electron chi connectivity index (χ0n) is 11.5. The Morgan fingerprint density at radius 2 is 1.94 bits per heavy atom. The molecule has 0 spiro atoms. The van der Waals surface area contributed by atoms with E-state index in [-0.39, 0.29) is 6.10 Å². The van der Waals surface area contributed by atoms with Crippen LogP contribution >= 0.6 is 0 Å². The van der Waals surface area contributed by atoms with Crippen molar-refractivity contribution in [2.24, 2.45) is 5.92 Å². The van der Waals surface area contributed by atoms with Crippen molar-refractivity contribution in [2.75, 3.05) is 7.11 Å². The molecule has 1 rings (SSSR count). The van der Waals surface area contributed by atoms with Crippen molar-refractivity contribution in [3.05, 3.63) is 35.4 Å². The topological polar surface area (TPSA) is 29.5 Å². The Kier molecular flexibility index (Phi) is 4.72. The smallest absolute Gasteiger partial charge is 0.113 e. The van der Waals surface area contributed by atoms with Gasteiger partial charge in [0.25, 0.3) is 0 Å². The molecule has 0 saturated heterocycles. The Morgan fingerprint density at radius 1 is 1.29 bits per heavy atom. The zero-order valence-corrected chi connectivity index (χ0v) is 11.5. The van der Waals surface area contributed by atoms with Crippen LogP contribution in [0.4, 0.5) is 0 Å². The van der Waals surface area contributed by atoms with Crippen molar-refractivity contribution in [2.45, 2.75) is 45.8 Å². The highest BCUT2D eigenvalue weighted by Crippen LogP contribution is 2.27.